The molecule has 5 heteroatoms. The summed E-state index contributed by atoms with van der Waals surface area (Å²) < 4.78 is 1.05. The third kappa shape index (κ3) is 6.03. The van der Waals surface area contributed by atoms with Crippen molar-refractivity contribution in [3.8, 4) is 0 Å². The molecule has 0 unspecified atom stereocenters. The van der Waals surface area contributed by atoms with Gasteiger partial charge in [-0.15, -0.1) is 11.8 Å². The third-order valence-electron chi connectivity index (χ3n) is 2.87. The second kappa shape index (κ2) is 8.76. The Morgan fingerprint density at radius 1 is 1.27 bits per heavy atom. The molecule has 0 aliphatic rings. The maximum atomic E-state index is 11.7. The number of halogens is 1. The van der Waals surface area contributed by atoms with Gasteiger partial charge in [0.1, 0.15) is 0 Å². The lowest BCUT2D eigenvalue weighted by molar-refractivity contribution is -0.118. The fourth-order valence-electron chi connectivity index (χ4n) is 1.75. The van der Waals surface area contributed by atoms with E-state index in [0.717, 1.165) is 15.8 Å². The summed E-state index contributed by atoms with van der Waals surface area (Å²) in [6.45, 7) is 2.03. The average molecular weight is 377 g/mol. The Morgan fingerprint density at radius 2 is 2.05 bits per heavy atom. The van der Waals surface area contributed by atoms with Crippen LogP contribution in [0.1, 0.15) is 16.7 Å². The third-order valence-corrected chi connectivity index (χ3v) is 4.37. The van der Waals surface area contributed by atoms with E-state index in [4.69, 9.17) is 0 Å². The quantitative estimate of drug-likeness (QED) is 0.607. The normalized spacial score (nSPS) is 10.8. The van der Waals surface area contributed by atoms with E-state index in [-0.39, 0.29) is 5.91 Å². The number of benzene rings is 2. The molecule has 1 amide bonds. The molecule has 0 saturated heterocycles. The van der Waals surface area contributed by atoms with Gasteiger partial charge in [-0.1, -0.05) is 57.9 Å². The molecule has 0 fully saturated rings. The van der Waals surface area contributed by atoms with Crippen LogP contribution in [-0.4, -0.2) is 17.9 Å². The summed E-state index contributed by atoms with van der Waals surface area (Å²) in [7, 11) is 0. The predicted molar refractivity (Wildman–Crippen MR) is 97.2 cm³/mol. The summed E-state index contributed by atoms with van der Waals surface area (Å²) in [5.74, 6) is 1.09. The van der Waals surface area contributed by atoms with Crippen LogP contribution in [0.2, 0.25) is 0 Å². The molecule has 2 aromatic rings. The van der Waals surface area contributed by atoms with E-state index in [1.165, 1.54) is 11.1 Å². The highest BCUT2D eigenvalue weighted by Gasteiger charge is 2.01. The fourth-order valence-corrected chi connectivity index (χ4v) is 2.97. The second-order valence-electron chi connectivity index (χ2n) is 4.83. The standard InChI is InChI=1S/C17H17BrN2OS/c1-13-5-7-14(8-6-13)10-19-20-17(21)12-22-11-15-3-2-4-16(18)9-15/h2-10H,11-12H2,1H3,(H,20,21). The molecule has 0 aromatic heterocycles. The largest absolute Gasteiger partial charge is 0.272 e. The van der Waals surface area contributed by atoms with Crippen molar-refractivity contribution in [2.45, 2.75) is 12.7 Å². The molecule has 0 aliphatic heterocycles. The highest BCUT2D eigenvalue weighted by molar-refractivity contribution is 9.10. The van der Waals surface area contributed by atoms with Gasteiger partial charge in [0.15, 0.2) is 0 Å². The molecule has 0 radical (unpaired) electrons. The SMILES string of the molecule is Cc1ccc(C=NNC(=O)CSCc2cccc(Br)c2)cc1. The van der Waals surface area contributed by atoms with Gasteiger partial charge in [0.2, 0.25) is 5.91 Å². The van der Waals surface area contributed by atoms with Crippen molar-refractivity contribution in [1.82, 2.24) is 5.43 Å². The summed E-state index contributed by atoms with van der Waals surface area (Å²) in [6, 6.07) is 16.0. The molecule has 0 heterocycles. The van der Waals surface area contributed by atoms with Gasteiger partial charge in [0.25, 0.3) is 0 Å². The average Bonchev–Trinajstić information content (AvgIpc) is 2.49. The maximum Gasteiger partial charge on any atom is 0.250 e. The van der Waals surface area contributed by atoms with Crippen molar-refractivity contribution in [3.63, 3.8) is 0 Å². The van der Waals surface area contributed by atoms with Gasteiger partial charge >= 0.3 is 0 Å². The van der Waals surface area contributed by atoms with E-state index in [1.807, 2.05) is 49.4 Å². The minimum absolute atomic E-state index is 0.0941. The van der Waals surface area contributed by atoms with Gasteiger partial charge in [-0.25, -0.2) is 5.43 Å². The number of hydrogen-bond donors (Lipinski definition) is 1. The van der Waals surface area contributed by atoms with Gasteiger partial charge in [-0.2, -0.15) is 5.10 Å². The van der Waals surface area contributed by atoms with Gasteiger partial charge in [0, 0.05) is 10.2 Å². The van der Waals surface area contributed by atoms with Crippen LogP contribution in [0.15, 0.2) is 58.1 Å². The highest BCUT2D eigenvalue weighted by atomic mass is 79.9. The van der Waals surface area contributed by atoms with Crippen LogP contribution in [0.4, 0.5) is 0 Å². The topological polar surface area (TPSA) is 41.5 Å². The number of aryl methyl sites for hydroxylation is 1. The Labute approximate surface area is 143 Å². The van der Waals surface area contributed by atoms with Crippen LogP contribution in [0.5, 0.6) is 0 Å². The van der Waals surface area contributed by atoms with Crippen LogP contribution in [0.3, 0.4) is 0 Å². The van der Waals surface area contributed by atoms with Crippen molar-refractivity contribution < 1.29 is 4.79 Å². The Morgan fingerprint density at radius 3 is 2.77 bits per heavy atom. The lowest BCUT2D eigenvalue weighted by Gasteiger charge is -2.02. The number of hydrazone groups is 1. The molecule has 1 N–H and O–H groups in total. The molecule has 0 saturated carbocycles. The van der Waals surface area contributed by atoms with Crippen molar-refractivity contribution in [2.24, 2.45) is 5.10 Å². The number of thioether (sulfide) groups is 1. The lowest BCUT2D eigenvalue weighted by atomic mass is 10.2. The Bertz CT molecular complexity index is 656. The molecular weight excluding hydrogens is 360 g/mol. The van der Waals surface area contributed by atoms with Crippen molar-refractivity contribution in [1.29, 1.82) is 0 Å². The van der Waals surface area contributed by atoms with Crippen LogP contribution in [0, 0.1) is 6.92 Å². The number of nitrogens with one attached hydrogen (secondary N) is 1. The molecule has 0 atom stereocenters. The zero-order chi connectivity index (χ0) is 15.8. The first-order valence-corrected chi connectivity index (χ1v) is 8.79. The summed E-state index contributed by atoms with van der Waals surface area (Å²) in [5.41, 5.74) is 5.90. The number of carbonyl (C=O) groups excluding carboxylic acids is 1. The second-order valence-corrected chi connectivity index (χ2v) is 6.73. The van der Waals surface area contributed by atoms with Crippen LogP contribution in [-0.2, 0) is 10.5 Å². The van der Waals surface area contributed by atoms with Gasteiger partial charge in [0.05, 0.1) is 12.0 Å². The van der Waals surface area contributed by atoms with Crippen LogP contribution < -0.4 is 5.43 Å². The van der Waals surface area contributed by atoms with E-state index in [1.54, 1.807) is 18.0 Å². The molecule has 3 nitrogen and oxygen atoms in total. The van der Waals surface area contributed by atoms with E-state index >= 15 is 0 Å². The fraction of sp³-hybridized carbons (Fsp3) is 0.176. The number of carbonyl (C=O) groups is 1. The van der Waals surface area contributed by atoms with Crippen molar-refractivity contribution in [2.75, 3.05) is 5.75 Å². The number of hydrogen-bond acceptors (Lipinski definition) is 3. The first-order chi connectivity index (χ1) is 10.6. The van der Waals surface area contributed by atoms with E-state index in [0.29, 0.717) is 5.75 Å². The smallest absolute Gasteiger partial charge is 0.250 e. The monoisotopic (exact) mass is 376 g/mol. The highest BCUT2D eigenvalue weighted by Crippen LogP contribution is 2.16. The number of nitrogens with zero attached hydrogens (tertiary/aromatic N) is 1. The molecule has 0 spiro atoms. The van der Waals surface area contributed by atoms with E-state index in [9.17, 15) is 4.79 Å². The summed E-state index contributed by atoms with van der Waals surface area (Å²) >= 11 is 5.00. The maximum absolute atomic E-state index is 11.7. The van der Waals surface area contributed by atoms with Gasteiger partial charge in [-0.3, -0.25) is 4.79 Å². The predicted octanol–water partition coefficient (Wildman–Crippen LogP) is 4.14. The van der Waals surface area contributed by atoms with Gasteiger partial charge < -0.3 is 0 Å². The minimum Gasteiger partial charge on any atom is -0.272 e. The Kier molecular flexibility index (Phi) is 6.68. The van der Waals surface area contributed by atoms with E-state index in [2.05, 4.69) is 32.5 Å². The summed E-state index contributed by atoms with van der Waals surface area (Å²) in [5, 5.41) is 3.97. The number of rotatable bonds is 6. The number of amides is 1. The molecule has 0 aliphatic carbocycles. The lowest BCUT2D eigenvalue weighted by Crippen LogP contribution is -2.19. The molecule has 2 aromatic carbocycles. The minimum atomic E-state index is -0.0941. The first kappa shape index (κ1) is 16.8. The zero-order valence-corrected chi connectivity index (χ0v) is 14.7. The summed E-state index contributed by atoms with van der Waals surface area (Å²) in [4.78, 5) is 11.7. The van der Waals surface area contributed by atoms with Gasteiger partial charge in [-0.05, 0) is 30.2 Å². The molecule has 114 valence electrons. The molecule has 2 rings (SSSR count). The first-order valence-electron chi connectivity index (χ1n) is 6.84. The summed E-state index contributed by atoms with van der Waals surface area (Å²) in [6.07, 6.45) is 1.65. The Balaban J connectivity index is 1.70. The molecule has 0 bridgehead atoms. The van der Waals surface area contributed by atoms with E-state index < -0.39 is 0 Å². The van der Waals surface area contributed by atoms with Crippen LogP contribution >= 0.6 is 27.7 Å². The molecular formula is C17H17BrN2OS. The van der Waals surface area contributed by atoms with Crippen molar-refractivity contribution >= 4 is 39.8 Å². The Hall–Kier alpha value is -1.59. The molecule has 22 heavy (non-hydrogen) atoms. The van der Waals surface area contributed by atoms with Crippen LogP contribution in [0.25, 0.3) is 0 Å². The zero-order valence-electron chi connectivity index (χ0n) is 12.3. The van der Waals surface area contributed by atoms with Crippen molar-refractivity contribution in [3.05, 3.63) is 69.7 Å².